The van der Waals surface area contributed by atoms with Gasteiger partial charge < -0.3 is 5.32 Å². The van der Waals surface area contributed by atoms with E-state index in [2.05, 4.69) is 10.4 Å². The zero-order chi connectivity index (χ0) is 23.0. The summed E-state index contributed by atoms with van der Waals surface area (Å²) >= 11 is 5.76. The normalized spacial score (nSPS) is 14.2. The average Bonchev–Trinajstić information content (AvgIpc) is 3.11. The lowest BCUT2D eigenvalue weighted by molar-refractivity contribution is 0.0943. The van der Waals surface area contributed by atoms with Gasteiger partial charge >= 0.3 is 0 Å². The minimum absolute atomic E-state index is 0.0558. The van der Waals surface area contributed by atoms with Crippen LogP contribution in [0.3, 0.4) is 0 Å². The summed E-state index contributed by atoms with van der Waals surface area (Å²) in [5.74, 6) is -1.54. The number of carbonyl (C=O) groups excluding carboxylic acids is 1. The van der Waals surface area contributed by atoms with E-state index in [1.54, 1.807) is 23.9 Å². The van der Waals surface area contributed by atoms with Crippen LogP contribution in [0.1, 0.15) is 27.3 Å². The Morgan fingerprint density at radius 3 is 2.59 bits per heavy atom. The van der Waals surface area contributed by atoms with Gasteiger partial charge in [-0.05, 0) is 35.9 Å². The first-order chi connectivity index (χ1) is 15.2. The quantitative estimate of drug-likeness (QED) is 0.608. The SMILES string of the molecule is Cn1nc(C(=O)NCc2ccc(F)cc2)c2c1CCN(S(=O)(=O)c1ccc(F)c(Cl)c1)C2. The van der Waals surface area contributed by atoms with E-state index >= 15 is 0 Å². The fourth-order valence-electron chi connectivity index (χ4n) is 3.61. The molecule has 1 aromatic heterocycles. The predicted molar refractivity (Wildman–Crippen MR) is 113 cm³/mol. The fourth-order valence-corrected chi connectivity index (χ4v) is 5.29. The van der Waals surface area contributed by atoms with E-state index in [0.717, 1.165) is 23.9 Å². The highest BCUT2D eigenvalue weighted by atomic mass is 35.5. The number of sulfonamides is 1. The molecule has 0 saturated carbocycles. The van der Waals surface area contributed by atoms with Crippen LogP contribution in [0.5, 0.6) is 0 Å². The highest BCUT2D eigenvalue weighted by molar-refractivity contribution is 7.89. The minimum Gasteiger partial charge on any atom is -0.347 e. The molecule has 11 heteroatoms. The second-order valence-corrected chi connectivity index (χ2v) is 9.72. The third-order valence-electron chi connectivity index (χ3n) is 5.32. The Kier molecular flexibility index (Phi) is 6.02. The third kappa shape index (κ3) is 4.25. The zero-order valence-electron chi connectivity index (χ0n) is 17.0. The second-order valence-electron chi connectivity index (χ2n) is 7.37. The number of aryl methyl sites for hydroxylation is 1. The molecule has 2 aromatic carbocycles. The molecule has 0 aliphatic carbocycles. The van der Waals surface area contributed by atoms with Crippen LogP contribution < -0.4 is 5.32 Å². The molecule has 0 saturated heterocycles. The standard InChI is InChI=1S/C21H19ClF2N4O3S/c1-27-19-8-9-28(32(30,31)15-6-7-18(24)17(22)10-15)12-16(19)20(26-27)21(29)25-11-13-2-4-14(23)5-3-13/h2-7,10H,8-9,11-12H2,1H3,(H,25,29). The van der Waals surface area contributed by atoms with Crippen molar-refractivity contribution in [2.24, 2.45) is 7.05 Å². The molecule has 2 heterocycles. The number of fused-ring (bicyclic) bond motifs is 1. The predicted octanol–water partition coefficient (Wildman–Crippen LogP) is 3.03. The molecule has 7 nitrogen and oxygen atoms in total. The van der Waals surface area contributed by atoms with Crippen molar-refractivity contribution in [1.29, 1.82) is 0 Å². The molecule has 0 spiro atoms. The second kappa shape index (κ2) is 8.61. The topological polar surface area (TPSA) is 84.3 Å². The molecule has 1 N–H and O–H groups in total. The minimum atomic E-state index is -3.96. The zero-order valence-corrected chi connectivity index (χ0v) is 18.6. The summed E-state index contributed by atoms with van der Waals surface area (Å²) in [5, 5.41) is 6.73. The van der Waals surface area contributed by atoms with Crippen molar-refractivity contribution in [2.45, 2.75) is 24.4 Å². The molecule has 4 rings (SSSR count). The number of hydrogen-bond donors (Lipinski definition) is 1. The van der Waals surface area contributed by atoms with Gasteiger partial charge in [-0.1, -0.05) is 23.7 Å². The van der Waals surface area contributed by atoms with Gasteiger partial charge in [0.05, 0.1) is 9.92 Å². The Hall–Kier alpha value is -2.82. The molecule has 1 aliphatic heterocycles. The van der Waals surface area contributed by atoms with Crippen LogP contribution in [-0.4, -0.2) is 35.0 Å². The summed E-state index contributed by atoms with van der Waals surface area (Å²) in [6.07, 6.45) is 0.359. The average molecular weight is 481 g/mol. The number of halogens is 3. The van der Waals surface area contributed by atoms with E-state index in [4.69, 9.17) is 11.6 Å². The van der Waals surface area contributed by atoms with Crippen molar-refractivity contribution in [3.05, 3.63) is 81.6 Å². The lowest BCUT2D eigenvalue weighted by atomic mass is 10.1. The van der Waals surface area contributed by atoms with Crippen LogP contribution in [0, 0.1) is 11.6 Å². The largest absolute Gasteiger partial charge is 0.347 e. The van der Waals surface area contributed by atoms with Gasteiger partial charge in [0.15, 0.2) is 5.69 Å². The Bertz CT molecular complexity index is 1290. The summed E-state index contributed by atoms with van der Waals surface area (Å²) < 4.78 is 55.5. The smallest absolute Gasteiger partial charge is 0.272 e. The summed E-state index contributed by atoms with van der Waals surface area (Å²) in [5.41, 5.74) is 2.11. The summed E-state index contributed by atoms with van der Waals surface area (Å²) in [7, 11) is -2.26. The van der Waals surface area contributed by atoms with Crippen LogP contribution >= 0.6 is 11.6 Å². The van der Waals surface area contributed by atoms with E-state index in [0.29, 0.717) is 17.5 Å². The summed E-state index contributed by atoms with van der Waals surface area (Å²) in [4.78, 5) is 12.7. The van der Waals surface area contributed by atoms with E-state index in [9.17, 15) is 22.0 Å². The van der Waals surface area contributed by atoms with Gasteiger partial charge in [0.2, 0.25) is 10.0 Å². The molecule has 3 aromatic rings. The van der Waals surface area contributed by atoms with Gasteiger partial charge in [-0.25, -0.2) is 17.2 Å². The van der Waals surface area contributed by atoms with Gasteiger partial charge in [0.25, 0.3) is 5.91 Å². The van der Waals surface area contributed by atoms with E-state index in [-0.39, 0.29) is 41.1 Å². The van der Waals surface area contributed by atoms with Crippen molar-refractivity contribution in [1.82, 2.24) is 19.4 Å². The van der Waals surface area contributed by atoms with Crippen LogP contribution in [0.4, 0.5) is 8.78 Å². The van der Waals surface area contributed by atoms with Crippen LogP contribution in [-0.2, 0) is 36.6 Å². The molecule has 0 fully saturated rings. The molecular weight excluding hydrogens is 462 g/mol. The fraction of sp³-hybridized carbons (Fsp3) is 0.238. The molecule has 0 bridgehead atoms. The van der Waals surface area contributed by atoms with Crippen LogP contribution in [0.15, 0.2) is 47.4 Å². The van der Waals surface area contributed by atoms with Gasteiger partial charge in [0.1, 0.15) is 11.6 Å². The van der Waals surface area contributed by atoms with E-state index in [1.807, 2.05) is 0 Å². The summed E-state index contributed by atoms with van der Waals surface area (Å²) in [6.45, 7) is 0.293. The molecule has 1 aliphatic rings. The van der Waals surface area contributed by atoms with Crippen molar-refractivity contribution in [2.75, 3.05) is 6.54 Å². The molecule has 32 heavy (non-hydrogen) atoms. The number of nitrogens with zero attached hydrogens (tertiary/aromatic N) is 3. The van der Waals surface area contributed by atoms with Gasteiger partial charge in [-0.2, -0.15) is 9.40 Å². The maximum absolute atomic E-state index is 13.5. The number of benzene rings is 2. The Morgan fingerprint density at radius 1 is 1.19 bits per heavy atom. The Labute approximate surface area is 188 Å². The van der Waals surface area contributed by atoms with E-state index in [1.165, 1.54) is 16.4 Å². The molecule has 0 atom stereocenters. The molecule has 168 valence electrons. The molecule has 0 radical (unpaired) electrons. The Morgan fingerprint density at radius 2 is 1.91 bits per heavy atom. The maximum Gasteiger partial charge on any atom is 0.272 e. The lowest BCUT2D eigenvalue weighted by Gasteiger charge is -2.27. The van der Waals surface area contributed by atoms with Gasteiger partial charge in [-0.15, -0.1) is 0 Å². The van der Waals surface area contributed by atoms with Gasteiger partial charge in [0, 0.05) is 44.4 Å². The third-order valence-corrected chi connectivity index (χ3v) is 7.45. The molecule has 0 unspecified atom stereocenters. The first-order valence-corrected chi connectivity index (χ1v) is 11.5. The molecule has 1 amide bonds. The van der Waals surface area contributed by atoms with Crippen LogP contribution in [0.25, 0.3) is 0 Å². The monoisotopic (exact) mass is 480 g/mol. The highest BCUT2D eigenvalue weighted by Gasteiger charge is 2.33. The first kappa shape index (κ1) is 22.4. The number of amides is 1. The van der Waals surface area contributed by atoms with Gasteiger partial charge in [-0.3, -0.25) is 9.48 Å². The van der Waals surface area contributed by atoms with E-state index < -0.39 is 21.7 Å². The summed E-state index contributed by atoms with van der Waals surface area (Å²) in [6, 6.07) is 8.95. The number of aromatic nitrogens is 2. The maximum atomic E-state index is 13.5. The van der Waals surface area contributed by atoms with Crippen molar-refractivity contribution >= 4 is 27.5 Å². The number of hydrogen-bond acceptors (Lipinski definition) is 4. The van der Waals surface area contributed by atoms with Crippen molar-refractivity contribution in [3.8, 4) is 0 Å². The van der Waals surface area contributed by atoms with Crippen LogP contribution in [0.2, 0.25) is 5.02 Å². The number of rotatable bonds is 5. The van der Waals surface area contributed by atoms with Crippen molar-refractivity contribution < 1.29 is 22.0 Å². The highest BCUT2D eigenvalue weighted by Crippen LogP contribution is 2.28. The number of carbonyl (C=O) groups is 1. The van der Waals surface area contributed by atoms with Crippen molar-refractivity contribution in [3.63, 3.8) is 0 Å². The Balaban J connectivity index is 1.56. The lowest BCUT2D eigenvalue weighted by Crippen LogP contribution is -2.37. The molecular formula is C21H19ClF2N4O3S. The first-order valence-electron chi connectivity index (χ1n) is 9.69. The number of nitrogens with one attached hydrogen (secondary N) is 1.